The number of hydrogen-bond donors (Lipinski definition) is 2. The lowest BCUT2D eigenvalue weighted by atomic mass is 10.2. The van der Waals surface area contributed by atoms with Crippen LogP contribution in [0.2, 0.25) is 0 Å². The van der Waals surface area contributed by atoms with Gasteiger partial charge >= 0.3 is 5.97 Å². The first-order valence-corrected chi connectivity index (χ1v) is 8.16. The summed E-state index contributed by atoms with van der Waals surface area (Å²) in [6, 6.07) is 2.13. The Balaban J connectivity index is 2.18. The van der Waals surface area contributed by atoms with E-state index in [1.54, 1.807) is 13.1 Å². The maximum Gasteiger partial charge on any atom is 0.305 e. The van der Waals surface area contributed by atoms with Crippen molar-refractivity contribution in [3.63, 3.8) is 0 Å². The second kappa shape index (κ2) is 11.4. The van der Waals surface area contributed by atoms with Crippen LogP contribution >= 0.6 is 12.2 Å². The molecule has 0 atom stereocenters. The van der Waals surface area contributed by atoms with E-state index in [0.29, 0.717) is 37.5 Å². The van der Waals surface area contributed by atoms with Gasteiger partial charge in [0.1, 0.15) is 0 Å². The van der Waals surface area contributed by atoms with Gasteiger partial charge < -0.3 is 15.4 Å². The van der Waals surface area contributed by atoms with E-state index in [2.05, 4.69) is 21.8 Å². The molecule has 0 fully saturated rings. The monoisotopic (exact) mass is 337 g/mol. The van der Waals surface area contributed by atoms with Crippen LogP contribution in [0.15, 0.2) is 12.4 Å². The third-order valence-corrected chi connectivity index (χ3v) is 3.21. The van der Waals surface area contributed by atoms with Gasteiger partial charge in [-0.3, -0.25) is 9.48 Å². The summed E-state index contributed by atoms with van der Waals surface area (Å²) in [7, 11) is 0. The molecule has 126 valence electrons. The molecule has 8 heteroatoms. The summed E-state index contributed by atoms with van der Waals surface area (Å²) < 4.78 is 6.67. The van der Waals surface area contributed by atoms with Crippen LogP contribution in [-0.4, -0.2) is 34.0 Å². The highest BCUT2D eigenvalue weighted by Gasteiger charge is 2.03. The van der Waals surface area contributed by atoms with Crippen LogP contribution in [0, 0.1) is 11.3 Å². The van der Waals surface area contributed by atoms with Gasteiger partial charge in [0.05, 0.1) is 24.6 Å². The summed E-state index contributed by atoms with van der Waals surface area (Å²) >= 11 is 5.19. The van der Waals surface area contributed by atoms with Gasteiger partial charge in [-0.15, -0.1) is 0 Å². The van der Waals surface area contributed by atoms with Crippen molar-refractivity contribution >= 4 is 29.0 Å². The molecule has 1 heterocycles. The number of esters is 1. The Labute approximate surface area is 142 Å². The highest BCUT2D eigenvalue weighted by atomic mass is 32.1. The van der Waals surface area contributed by atoms with Gasteiger partial charge in [0.2, 0.25) is 0 Å². The van der Waals surface area contributed by atoms with E-state index in [-0.39, 0.29) is 5.97 Å². The summed E-state index contributed by atoms with van der Waals surface area (Å²) in [5, 5.41) is 19.3. The standard InChI is InChI=1S/C15H23N5O2S/c1-2-22-14(21)7-6-9-17-15(23)19-13-11-18-20(12-13)10-5-3-4-8-16/h11-12H,2-7,9-10H2,1H3,(H2,17,19,23). The zero-order chi connectivity index (χ0) is 16.9. The van der Waals surface area contributed by atoms with Gasteiger partial charge in [-0.05, 0) is 38.4 Å². The molecule has 0 amide bonds. The van der Waals surface area contributed by atoms with E-state index in [0.717, 1.165) is 25.1 Å². The second-order valence-electron chi connectivity index (χ2n) is 4.90. The van der Waals surface area contributed by atoms with Crippen LogP contribution in [0.25, 0.3) is 0 Å². The number of ether oxygens (including phenoxy) is 1. The van der Waals surface area contributed by atoms with Crippen molar-refractivity contribution in [3.8, 4) is 6.07 Å². The molecule has 1 rings (SSSR count). The molecule has 0 saturated heterocycles. The van der Waals surface area contributed by atoms with E-state index in [1.807, 2.05) is 10.9 Å². The fourth-order valence-corrected chi connectivity index (χ4v) is 2.09. The van der Waals surface area contributed by atoms with Gasteiger partial charge in [-0.1, -0.05) is 0 Å². The normalized spacial score (nSPS) is 9.91. The third kappa shape index (κ3) is 8.78. The van der Waals surface area contributed by atoms with Gasteiger partial charge in [-0.2, -0.15) is 10.4 Å². The van der Waals surface area contributed by atoms with Crippen molar-refractivity contribution in [2.45, 2.75) is 45.6 Å². The molecule has 0 radical (unpaired) electrons. The number of nitriles is 1. The van der Waals surface area contributed by atoms with Crippen LogP contribution in [0.3, 0.4) is 0 Å². The number of aryl methyl sites for hydroxylation is 1. The third-order valence-electron chi connectivity index (χ3n) is 2.97. The molecule has 0 aliphatic rings. The molecule has 2 N–H and O–H groups in total. The number of nitrogens with zero attached hydrogens (tertiary/aromatic N) is 3. The summed E-state index contributed by atoms with van der Waals surface area (Å²) in [6.07, 6.45) is 7.00. The average Bonchev–Trinajstić information content (AvgIpc) is 2.96. The lowest BCUT2D eigenvalue weighted by Gasteiger charge is -2.08. The molecule has 1 aromatic rings. The Morgan fingerprint density at radius 1 is 1.48 bits per heavy atom. The van der Waals surface area contributed by atoms with Gasteiger partial charge in [-0.25, -0.2) is 0 Å². The predicted molar refractivity (Wildman–Crippen MR) is 91.8 cm³/mol. The molecule has 0 aliphatic carbocycles. The van der Waals surface area contributed by atoms with Crippen LogP contribution in [0.1, 0.15) is 39.0 Å². The summed E-state index contributed by atoms with van der Waals surface area (Å²) in [5.41, 5.74) is 0.813. The maximum atomic E-state index is 11.2. The molecular formula is C15H23N5O2S. The zero-order valence-electron chi connectivity index (χ0n) is 13.4. The van der Waals surface area contributed by atoms with E-state index >= 15 is 0 Å². The van der Waals surface area contributed by atoms with Gasteiger partial charge in [0.15, 0.2) is 5.11 Å². The molecule has 0 aliphatic heterocycles. The SMILES string of the molecule is CCOC(=O)CCCNC(=S)Nc1cnn(CCCCC#N)c1. The molecule has 23 heavy (non-hydrogen) atoms. The molecule has 0 spiro atoms. The number of hydrogen-bond acceptors (Lipinski definition) is 5. The Morgan fingerprint density at radius 3 is 3.04 bits per heavy atom. The Hall–Kier alpha value is -2.14. The van der Waals surface area contributed by atoms with Crippen LogP contribution < -0.4 is 10.6 Å². The number of nitrogens with one attached hydrogen (secondary N) is 2. The van der Waals surface area contributed by atoms with Crippen molar-refractivity contribution in [2.75, 3.05) is 18.5 Å². The van der Waals surface area contributed by atoms with Crippen molar-refractivity contribution < 1.29 is 9.53 Å². The van der Waals surface area contributed by atoms with Crippen LogP contribution in [0.4, 0.5) is 5.69 Å². The molecule has 1 aromatic heterocycles. The first kappa shape index (κ1) is 18.9. The highest BCUT2D eigenvalue weighted by molar-refractivity contribution is 7.80. The van der Waals surface area contributed by atoms with Crippen molar-refractivity contribution in [1.29, 1.82) is 5.26 Å². The smallest absolute Gasteiger partial charge is 0.305 e. The molecule has 0 unspecified atom stereocenters. The van der Waals surface area contributed by atoms with E-state index in [9.17, 15) is 4.79 Å². The average molecular weight is 337 g/mol. The fraction of sp³-hybridized carbons (Fsp3) is 0.600. The number of carbonyl (C=O) groups is 1. The molecule has 0 aromatic carbocycles. The molecular weight excluding hydrogens is 314 g/mol. The number of unbranched alkanes of at least 4 members (excludes halogenated alkanes) is 2. The Kier molecular flexibility index (Phi) is 9.40. The highest BCUT2D eigenvalue weighted by Crippen LogP contribution is 2.06. The first-order chi connectivity index (χ1) is 11.2. The summed E-state index contributed by atoms with van der Waals surface area (Å²) in [4.78, 5) is 11.2. The zero-order valence-corrected chi connectivity index (χ0v) is 14.2. The van der Waals surface area contributed by atoms with Crippen LogP contribution in [-0.2, 0) is 16.1 Å². The van der Waals surface area contributed by atoms with Crippen LogP contribution in [0.5, 0.6) is 0 Å². The predicted octanol–water partition coefficient (Wildman–Crippen LogP) is 2.21. The summed E-state index contributed by atoms with van der Waals surface area (Å²) in [5.74, 6) is -0.189. The second-order valence-corrected chi connectivity index (χ2v) is 5.31. The maximum absolute atomic E-state index is 11.2. The lowest BCUT2D eigenvalue weighted by molar-refractivity contribution is -0.143. The number of thiocarbonyl (C=S) groups is 1. The summed E-state index contributed by atoms with van der Waals surface area (Å²) in [6.45, 7) is 3.58. The minimum atomic E-state index is -0.189. The lowest BCUT2D eigenvalue weighted by Crippen LogP contribution is -2.29. The fourth-order valence-electron chi connectivity index (χ4n) is 1.87. The Morgan fingerprint density at radius 2 is 2.30 bits per heavy atom. The number of rotatable bonds is 10. The largest absolute Gasteiger partial charge is 0.466 e. The first-order valence-electron chi connectivity index (χ1n) is 7.75. The molecule has 7 nitrogen and oxygen atoms in total. The minimum absolute atomic E-state index is 0.189. The van der Waals surface area contributed by atoms with Crippen molar-refractivity contribution in [3.05, 3.63) is 12.4 Å². The number of carbonyl (C=O) groups excluding carboxylic acids is 1. The van der Waals surface area contributed by atoms with E-state index in [4.69, 9.17) is 22.2 Å². The number of aromatic nitrogens is 2. The van der Waals surface area contributed by atoms with Crippen molar-refractivity contribution in [2.24, 2.45) is 0 Å². The molecule has 0 bridgehead atoms. The van der Waals surface area contributed by atoms with E-state index < -0.39 is 0 Å². The van der Waals surface area contributed by atoms with Gasteiger partial charge in [0, 0.05) is 32.1 Å². The Bertz CT molecular complexity index is 538. The minimum Gasteiger partial charge on any atom is -0.466 e. The van der Waals surface area contributed by atoms with Gasteiger partial charge in [0.25, 0.3) is 0 Å². The molecule has 0 saturated carbocycles. The topological polar surface area (TPSA) is 92.0 Å². The van der Waals surface area contributed by atoms with E-state index in [1.165, 1.54) is 0 Å². The number of anilines is 1. The quantitative estimate of drug-likeness (QED) is 0.384. The van der Waals surface area contributed by atoms with Crippen molar-refractivity contribution in [1.82, 2.24) is 15.1 Å².